The summed E-state index contributed by atoms with van der Waals surface area (Å²) in [7, 11) is 0. The molecule has 2 rings (SSSR count). The maximum absolute atomic E-state index is 12.4. The minimum Gasteiger partial charge on any atom is -0.462 e. The molecule has 0 amide bonds. The summed E-state index contributed by atoms with van der Waals surface area (Å²) in [6, 6.07) is 3.27. The first-order chi connectivity index (χ1) is 10.6. The summed E-state index contributed by atoms with van der Waals surface area (Å²) in [5.41, 5.74) is 2.17. The van der Waals surface area contributed by atoms with E-state index in [1.807, 2.05) is 20.8 Å². The number of carbonyl (C=O) groups excluding carboxylic acids is 1. The number of hydrogen-bond acceptors (Lipinski definition) is 4. The number of halogens is 2. The van der Waals surface area contributed by atoms with Gasteiger partial charge in [0.05, 0.1) is 27.9 Å². The fraction of sp³-hybridized carbons (Fsp3) is 0.412. The molecule has 1 aromatic heterocycles. The summed E-state index contributed by atoms with van der Waals surface area (Å²) in [6.07, 6.45) is 0. The molecule has 0 aliphatic rings. The third-order valence-electron chi connectivity index (χ3n) is 3.21. The van der Waals surface area contributed by atoms with Crippen LogP contribution in [0.5, 0.6) is 0 Å². The molecule has 124 valence electrons. The fourth-order valence-electron chi connectivity index (χ4n) is 2.06. The van der Waals surface area contributed by atoms with Gasteiger partial charge in [0.2, 0.25) is 0 Å². The van der Waals surface area contributed by atoms with E-state index in [-0.39, 0.29) is 10.4 Å². The molecule has 4 nitrogen and oxygen atoms in total. The molecule has 6 heteroatoms. The number of carbonyl (C=O) groups is 1. The molecule has 1 aromatic carbocycles. The highest BCUT2D eigenvalue weighted by Crippen LogP contribution is 2.38. The van der Waals surface area contributed by atoms with Crippen LogP contribution in [0.1, 0.15) is 42.4 Å². The fourth-order valence-corrected chi connectivity index (χ4v) is 2.56. The second-order valence-corrected chi connectivity index (χ2v) is 7.47. The Labute approximate surface area is 145 Å². The summed E-state index contributed by atoms with van der Waals surface area (Å²) in [4.78, 5) is 12.4. The molecular weight excluding hydrogens is 337 g/mol. The number of benzene rings is 1. The van der Waals surface area contributed by atoms with Crippen LogP contribution in [0.2, 0.25) is 10.0 Å². The molecule has 0 fully saturated rings. The van der Waals surface area contributed by atoms with E-state index in [0.717, 1.165) is 0 Å². The lowest BCUT2D eigenvalue weighted by molar-refractivity contribution is 0.0366. The van der Waals surface area contributed by atoms with Crippen LogP contribution in [-0.4, -0.2) is 17.7 Å². The van der Waals surface area contributed by atoms with Crippen molar-refractivity contribution in [1.82, 2.24) is 5.16 Å². The van der Waals surface area contributed by atoms with Crippen molar-refractivity contribution >= 4 is 29.2 Å². The van der Waals surface area contributed by atoms with Crippen molar-refractivity contribution in [2.24, 2.45) is 5.41 Å². The molecular formula is C17H19Cl2NO3. The van der Waals surface area contributed by atoms with Gasteiger partial charge < -0.3 is 9.26 Å². The summed E-state index contributed by atoms with van der Waals surface area (Å²) in [5, 5.41) is 4.45. The first-order valence-electron chi connectivity index (χ1n) is 7.19. The monoisotopic (exact) mass is 355 g/mol. The lowest BCUT2D eigenvalue weighted by Crippen LogP contribution is -2.19. The van der Waals surface area contributed by atoms with Crippen molar-refractivity contribution in [2.45, 2.75) is 34.6 Å². The van der Waals surface area contributed by atoms with Gasteiger partial charge in [0.1, 0.15) is 0 Å². The predicted octanol–water partition coefficient (Wildman–Crippen LogP) is 5.47. The third-order valence-corrected chi connectivity index (χ3v) is 4.00. The Morgan fingerprint density at radius 1 is 1.26 bits per heavy atom. The SMILES string of the molecule is Cc1cc(-c2c(C)c(C(=O)OCC(C)(C)C)cc(Cl)c2Cl)on1. The molecule has 0 saturated heterocycles. The minimum absolute atomic E-state index is 0.120. The first-order valence-corrected chi connectivity index (χ1v) is 7.95. The van der Waals surface area contributed by atoms with Gasteiger partial charge in [-0.3, -0.25) is 0 Å². The highest BCUT2D eigenvalue weighted by Gasteiger charge is 2.23. The largest absolute Gasteiger partial charge is 0.462 e. The van der Waals surface area contributed by atoms with Crippen LogP contribution in [-0.2, 0) is 4.74 Å². The predicted molar refractivity (Wildman–Crippen MR) is 91.2 cm³/mol. The number of aromatic nitrogens is 1. The molecule has 0 aliphatic heterocycles. The maximum atomic E-state index is 12.4. The summed E-state index contributed by atoms with van der Waals surface area (Å²) in [6.45, 7) is 9.87. The van der Waals surface area contributed by atoms with Crippen molar-refractivity contribution in [2.75, 3.05) is 6.61 Å². The van der Waals surface area contributed by atoms with Gasteiger partial charge in [-0.2, -0.15) is 0 Å². The van der Waals surface area contributed by atoms with Crippen molar-refractivity contribution in [3.8, 4) is 11.3 Å². The van der Waals surface area contributed by atoms with Gasteiger partial charge in [0, 0.05) is 11.6 Å². The molecule has 0 atom stereocenters. The van der Waals surface area contributed by atoms with Gasteiger partial charge in [0.25, 0.3) is 0 Å². The van der Waals surface area contributed by atoms with Gasteiger partial charge in [-0.1, -0.05) is 49.1 Å². The minimum atomic E-state index is -0.437. The van der Waals surface area contributed by atoms with Crippen molar-refractivity contribution < 1.29 is 14.1 Å². The van der Waals surface area contributed by atoms with E-state index >= 15 is 0 Å². The van der Waals surface area contributed by atoms with Crippen molar-refractivity contribution in [3.63, 3.8) is 0 Å². The lowest BCUT2D eigenvalue weighted by Gasteiger charge is -2.19. The van der Waals surface area contributed by atoms with E-state index in [1.165, 1.54) is 6.07 Å². The van der Waals surface area contributed by atoms with E-state index in [1.54, 1.807) is 19.9 Å². The van der Waals surface area contributed by atoms with Gasteiger partial charge in [-0.05, 0) is 30.9 Å². The van der Waals surface area contributed by atoms with Gasteiger partial charge >= 0.3 is 5.97 Å². The van der Waals surface area contributed by atoms with E-state index in [4.69, 9.17) is 32.5 Å². The number of ether oxygens (including phenoxy) is 1. The second-order valence-electron chi connectivity index (χ2n) is 6.69. The van der Waals surface area contributed by atoms with Gasteiger partial charge in [-0.15, -0.1) is 0 Å². The molecule has 2 aromatic rings. The summed E-state index contributed by atoms with van der Waals surface area (Å²) >= 11 is 12.5. The molecule has 0 unspecified atom stereocenters. The molecule has 0 saturated carbocycles. The average molecular weight is 356 g/mol. The highest BCUT2D eigenvalue weighted by atomic mass is 35.5. The normalized spacial score (nSPS) is 11.6. The molecule has 0 spiro atoms. The van der Waals surface area contributed by atoms with Crippen LogP contribution >= 0.6 is 23.2 Å². The Hall–Kier alpha value is -1.52. The number of esters is 1. The molecule has 23 heavy (non-hydrogen) atoms. The third kappa shape index (κ3) is 4.06. The van der Waals surface area contributed by atoms with E-state index < -0.39 is 5.97 Å². The van der Waals surface area contributed by atoms with Crippen LogP contribution in [0.25, 0.3) is 11.3 Å². The van der Waals surface area contributed by atoms with E-state index in [9.17, 15) is 4.79 Å². The quantitative estimate of drug-likeness (QED) is 0.685. The molecule has 0 bridgehead atoms. The number of rotatable bonds is 3. The van der Waals surface area contributed by atoms with Crippen LogP contribution in [0.4, 0.5) is 0 Å². The first kappa shape index (κ1) is 17.8. The Morgan fingerprint density at radius 2 is 1.91 bits per heavy atom. The highest BCUT2D eigenvalue weighted by molar-refractivity contribution is 6.44. The zero-order chi connectivity index (χ0) is 17.4. The van der Waals surface area contributed by atoms with Gasteiger partial charge in [-0.25, -0.2) is 4.79 Å². The zero-order valence-corrected chi connectivity index (χ0v) is 15.3. The number of aryl methyl sites for hydroxylation is 1. The Morgan fingerprint density at radius 3 is 2.43 bits per heavy atom. The van der Waals surface area contributed by atoms with Crippen molar-refractivity contribution in [3.05, 3.63) is 39.0 Å². The lowest BCUT2D eigenvalue weighted by atomic mass is 9.98. The smallest absolute Gasteiger partial charge is 0.338 e. The standard InChI is InChI=1S/C17H19Cl2NO3/c1-9-6-13(23-20-9)14-10(2)11(7-12(18)15(14)19)16(21)22-8-17(3,4)5/h6-7H,8H2,1-5H3. The van der Waals surface area contributed by atoms with Crippen molar-refractivity contribution in [1.29, 1.82) is 0 Å². The second kappa shape index (κ2) is 6.54. The van der Waals surface area contributed by atoms with Gasteiger partial charge in [0.15, 0.2) is 5.76 Å². The molecule has 0 aliphatic carbocycles. The van der Waals surface area contributed by atoms with Crippen LogP contribution in [0.15, 0.2) is 16.7 Å². The Kier molecular flexibility index (Phi) is 5.07. The maximum Gasteiger partial charge on any atom is 0.338 e. The van der Waals surface area contributed by atoms with Crippen LogP contribution in [0, 0.1) is 19.3 Å². The average Bonchev–Trinajstić information content (AvgIpc) is 2.86. The van der Waals surface area contributed by atoms with Crippen LogP contribution < -0.4 is 0 Å². The van der Waals surface area contributed by atoms with E-state index in [0.29, 0.717) is 39.8 Å². The Bertz CT molecular complexity index is 745. The topological polar surface area (TPSA) is 52.3 Å². The Balaban J connectivity index is 2.46. The zero-order valence-electron chi connectivity index (χ0n) is 13.8. The van der Waals surface area contributed by atoms with E-state index in [2.05, 4.69) is 5.16 Å². The molecule has 0 N–H and O–H groups in total. The molecule has 0 radical (unpaired) electrons. The van der Waals surface area contributed by atoms with Crippen LogP contribution in [0.3, 0.4) is 0 Å². The summed E-state index contributed by atoms with van der Waals surface area (Å²) in [5.74, 6) is 0.0332. The molecule has 1 heterocycles. The number of nitrogens with zero attached hydrogens (tertiary/aromatic N) is 1. The number of hydrogen-bond donors (Lipinski definition) is 0. The summed E-state index contributed by atoms with van der Waals surface area (Å²) < 4.78 is 10.6.